The summed E-state index contributed by atoms with van der Waals surface area (Å²) in [6, 6.07) is 16.5. The average molecular weight is 498 g/mol. The summed E-state index contributed by atoms with van der Waals surface area (Å²) in [5, 5.41) is 3.25. The molecule has 4 rings (SSSR count). The Bertz CT molecular complexity index is 1340. The summed E-state index contributed by atoms with van der Waals surface area (Å²) in [5.74, 6) is 1.40. The Hall–Kier alpha value is -3.40. The van der Waals surface area contributed by atoms with Crippen molar-refractivity contribution in [1.29, 1.82) is 0 Å². The van der Waals surface area contributed by atoms with E-state index in [2.05, 4.69) is 71.1 Å². The molecule has 0 bridgehead atoms. The van der Waals surface area contributed by atoms with Crippen LogP contribution < -0.4 is 10.1 Å². The lowest BCUT2D eigenvalue weighted by molar-refractivity contribution is -0.117. The molecule has 1 N–H and O–H groups in total. The molecule has 1 aliphatic heterocycles. The minimum atomic E-state index is -0.120. The topological polar surface area (TPSA) is 55.4 Å². The van der Waals surface area contributed by atoms with E-state index in [0.29, 0.717) is 24.5 Å². The number of Topliss-reactive ketones (excluding diaryl/α,β-unsaturated/α-hetero) is 1. The Morgan fingerprint density at radius 2 is 1.70 bits per heavy atom. The molecule has 3 aromatic rings. The summed E-state index contributed by atoms with van der Waals surface area (Å²) < 4.78 is 6.43. The number of hydrogen-bond acceptors (Lipinski definition) is 3. The molecule has 1 heterocycles. The number of fused-ring (bicyclic) bond motifs is 1. The molecule has 0 aromatic heterocycles. The van der Waals surface area contributed by atoms with Crippen LogP contribution in [0.5, 0.6) is 5.75 Å². The summed E-state index contributed by atoms with van der Waals surface area (Å²) in [4.78, 5) is 25.3. The highest BCUT2D eigenvalue weighted by atomic mass is 16.5. The predicted molar refractivity (Wildman–Crippen MR) is 152 cm³/mol. The minimum absolute atomic E-state index is 0.00108. The Morgan fingerprint density at radius 1 is 1.03 bits per heavy atom. The molecule has 0 saturated carbocycles. The minimum Gasteiger partial charge on any atom is -0.492 e. The van der Waals surface area contributed by atoms with Gasteiger partial charge in [0, 0.05) is 34.7 Å². The van der Waals surface area contributed by atoms with Gasteiger partial charge in [0.25, 0.3) is 0 Å². The third-order valence-electron chi connectivity index (χ3n) is 7.26. The Morgan fingerprint density at radius 3 is 2.30 bits per heavy atom. The quantitative estimate of drug-likeness (QED) is 0.349. The van der Waals surface area contributed by atoms with Gasteiger partial charge in [-0.05, 0) is 66.0 Å². The summed E-state index contributed by atoms with van der Waals surface area (Å²) >= 11 is 0. The molecule has 0 aliphatic carbocycles. The normalized spacial score (nSPS) is 14.9. The van der Waals surface area contributed by atoms with Gasteiger partial charge in [-0.1, -0.05) is 77.1 Å². The van der Waals surface area contributed by atoms with E-state index >= 15 is 0 Å². The van der Waals surface area contributed by atoms with Crippen molar-refractivity contribution in [2.24, 2.45) is 5.41 Å². The Balaban J connectivity index is 1.90. The number of amides is 1. The van der Waals surface area contributed by atoms with Crippen LogP contribution in [0.3, 0.4) is 0 Å². The molecular weight excluding hydrogens is 458 g/mol. The molecule has 0 fully saturated rings. The average Bonchev–Trinajstić information content (AvgIpc) is 3.26. The second-order valence-electron chi connectivity index (χ2n) is 11.9. The summed E-state index contributed by atoms with van der Waals surface area (Å²) in [6.07, 6.45) is 0.425. The van der Waals surface area contributed by atoms with E-state index in [9.17, 15) is 9.59 Å². The van der Waals surface area contributed by atoms with Crippen molar-refractivity contribution in [3.63, 3.8) is 0 Å². The number of benzene rings is 3. The molecule has 0 saturated heterocycles. The first kappa shape index (κ1) is 26.7. The molecular formula is C33H39NO3. The molecule has 1 atom stereocenters. The number of carbonyl (C=O) groups is 2. The van der Waals surface area contributed by atoms with E-state index in [4.69, 9.17) is 4.74 Å². The lowest BCUT2D eigenvalue weighted by Crippen LogP contribution is -2.21. The van der Waals surface area contributed by atoms with Gasteiger partial charge in [-0.25, -0.2) is 0 Å². The maximum Gasteiger partial charge on any atom is 0.224 e. The van der Waals surface area contributed by atoms with Gasteiger partial charge in [-0.3, -0.25) is 9.59 Å². The van der Waals surface area contributed by atoms with Crippen LogP contribution in [0, 0.1) is 19.3 Å². The second-order valence-corrected chi connectivity index (χ2v) is 11.9. The van der Waals surface area contributed by atoms with Gasteiger partial charge in [0.15, 0.2) is 5.78 Å². The maximum atomic E-state index is 13.1. The molecule has 194 valence electrons. The second kappa shape index (κ2) is 10.2. The standard InChI is InChI=1S/C33H39NO3/c1-19(2)23-12-14-24(15-13-23)27-18-37-32-29(26-11-9-10-25(16-26)22(5)35)20(3)31(21(4)30(27)32)34-28(36)17-33(6,7)8/h9-16,19,27H,17-18H2,1-8H3,(H,34,36). The number of anilines is 1. The molecule has 1 amide bonds. The largest absolute Gasteiger partial charge is 0.492 e. The molecule has 0 spiro atoms. The van der Waals surface area contributed by atoms with E-state index in [1.807, 2.05) is 31.2 Å². The summed E-state index contributed by atoms with van der Waals surface area (Å²) in [6.45, 7) is 16.8. The van der Waals surface area contributed by atoms with Gasteiger partial charge in [-0.15, -0.1) is 0 Å². The fourth-order valence-corrected chi connectivity index (χ4v) is 5.31. The zero-order valence-electron chi connectivity index (χ0n) is 23.4. The lowest BCUT2D eigenvalue weighted by Gasteiger charge is -2.23. The first-order valence-corrected chi connectivity index (χ1v) is 13.2. The van der Waals surface area contributed by atoms with Crippen LogP contribution in [0.25, 0.3) is 11.1 Å². The number of ketones is 1. The number of hydrogen-bond donors (Lipinski definition) is 1. The number of carbonyl (C=O) groups excluding carboxylic acids is 2. The Labute approximate surface area is 221 Å². The van der Waals surface area contributed by atoms with Gasteiger partial charge in [-0.2, -0.15) is 0 Å². The van der Waals surface area contributed by atoms with Gasteiger partial charge >= 0.3 is 0 Å². The molecule has 4 heteroatoms. The summed E-state index contributed by atoms with van der Waals surface area (Å²) in [7, 11) is 0. The van der Waals surface area contributed by atoms with Crippen LogP contribution in [0.4, 0.5) is 5.69 Å². The van der Waals surface area contributed by atoms with Crippen molar-refractivity contribution in [3.8, 4) is 16.9 Å². The zero-order valence-corrected chi connectivity index (χ0v) is 23.4. The Kier molecular flexibility index (Phi) is 7.32. The number of ether oxygens (including phenoxy) is 1. The third-order valence-corrected chi connectivity index (χ3v) is 7.26. The monoisotopic (exact) mass is 497 g/mol. The molecule has 3 aromatic carbocycles. The molecule has 1 unspecified atom stereocenters. The first-order chi connectivity index (χ1) is 17.4. The van der Waals surface area contributed by atoms with Crippen molar-refractivity contribution < 1.29 is 14.3 Å². The van der Waals surface area contributed by atoms with Gasteiger partial charge < -0.3 is 10.1 Å². The molecule has 1 aliphatic rings. The van der Waals surface area contributed by atoms with Crippen LogP contribution in [-0.2, 0) is 4.79 Å². The van der Waals surface area contributed by atoms with E-state index in [1.54, 1.807) is 6.92 Å². The van der Waals surface area contributed by atoms with Crippen molar-refractivity contribution in [2.75, 3.05) is 11.9 Å². The molecule has 0 radical (unpaired) electrons. The predicted octanol–water partition coefficient (Wildman–Crippen LogP) is 8.20. The van der Waals surface area contributed by atoms with Crippen molar-refractivity contribution in [2.45, 2.75) is 73.6 Å². The first-order valence-electron chi connectivity index (χ1n) is 13.2. The lowest BCUT2D eigenvalue weighted by atomic mass is 9.83. The fourth-order valence-electron chi connectivity index (χ4n) is 5.31. The van der Waals surface area contributed by atoms with E-state index < -0.39 is 0 Å². The van der Waals surface area contributed by atoms with Crippen LogP contribution in [-0.4, -0.2) is 18.3 Å². The SMILES string of the molecule is CC(=O)c1cccc(-c2c(C)c(NC(=O)CC(C)(C)C)c(C)c3c2OCC3c2ccc(C(C)C)cc2)c1. The van der Waals surface area contributed by atoms with E-state index in [-0.39, 0.29) is 23.0 Å². The zero-order chi connectivity index (χ0) is 27.1. The van der Waals surface area contributed by atoms with Crippen molar-refractivity contribution >= 4 is 17.4 Å². The van der Waals surface area contributed by atoms with Crippen molar-refractivity contribution in [3.05, 3.63) is 81.9 Å². The fraction of sp³-hybridized carbons (Fsp3) is 0.394. The number of nitrogens with one attached hydrogen (secondary N) is 1. The van der Waals surface area contributed by atoms with E-state index in [0.717, 1.165) is 39.3 Å². The highest BCUT2D eigenvalue weighted by Gasteiger charge is 2.34. The van der Waals surface area contributed by atoms with Crippen LogP contribution in [0.15, 0.2) is 48.5 Å². The smallest absolute Gasteiger partial charge is 0.224 e. The molecule has 37 heavy (non-hydrogen) atoms. The highest BCUT2D eigenvalue weighted by Crippen LogP contribution is 2.51. The van der Waals surface area contributed by atoms with Gasteiger partial charge in [0.1, 0.15) is 5.75 Å². The third kappa shape index (κ3) is 5.49. The van der Waals surface area contributed by atoms with Crippen LogP contribution >= 0.6 is 0 Å². The van der Waals surface area contributed by atoms with Crippen molar-refractivity contribution in [1.82, 2.24) is 0 Å². The summed E-state index contributed by atoms with van der Waals surface area (Å²) in [5.41, 5.74) is 8.84. The van der Waals surface area contributed by atoms with Crippen LogP contribution in [0.2, 0.25) is 0 Å². The molecule has 4 nitrogen and oxygen atoms in total. The maximum absolute atomic E-state index is 13.1. The van der Waals surface area contributed by atoms with E-state index in [1.165, 1.54) is 11.1 Å². The van der Waals surface area contributed by atoms with Gasteiger partial charge in [0.2, 0.25) is 5.91 Å². The van der Waals surface area contributed by atoms with Crippen LogP contribution in [0.1, 0.15) is 98.0 Å². The number of rotatable bonds is 6. The van der Waals surface area contributed by atoms with Gasteiger partial charge in [0.05, 0.1) is 6.61 Å². The highest BCUT2D eigenvalue weighted by molar-refractivity contribution is 5.98.